The van der Waals surface area contributed by atoms with E-state index in [4.69, 9.17) is 21.6 Å². The van der Waals surface area contributed by atoms with Crippen LogP contribution in [0, 0.1) is 17.2 Å². The molecular weight excluding hydrogens is 402 g/mol. The Morgan fingerprint density at radius 2 is 2.13 bits per heavy atom. The van der Waals surface area contributed by atoms with Crippen LogP contribution in [0.4, 0.5) is 5.69 Å². The Labute approximate surface area is 178 Å². The van der Waals surface area contributed by atoms with Crippen LogP contribution in [0.5, 0.6) is 0 Å². The summed E-state index contributed by atoms with van der Waals surface area (Å²) in [6, 6.07) is 11.9. The van der Waals surface area contributed by atoms with Crippen molar-refractivity contribution in [2.75, 3.05) is 11.9 Å². The second kappa shape index (κ2) is 8.21. The molecule has 0 saturated heterocycles. The first-order chi connectivity index (χ1) is 14.4. The van der Waals surface area contributed by atoms with Gasteiger partial charge < -0.3 is 15.0 Å². The van der Waals surface area contributed by atoms with Gasteiger partial charge in [0.05, 0.1) is 16.1 Å². The summed E-state index contributed by atoms with van der Waals surface area (Å²) in [5, 5.41) is 12.8. The third kappa shape index (κ3) is 4.03. The predicted octanol–water partition coefficient (Wildman–Crippen LogP) is 4.61. The molecule has 7 heteroatoms. The number of nitrogens with one attached hydrogen (secondary N) is 2. The molecule has 0 radical (unpaired) electrons. The van der Waals surface area contributed by atoms with Gasteiger partial charge in [-0.15, -0.1) is 0 Å². The van der Waals surface area contributed by atoms with Gasteiger partial charge in [-0.1, -0.05) is 18.5 Å². The Bertz CT molecular complexity index is 1190. The van der Waals surface area contributed by atoms with Crippen LogP contribution in [-0.4, -0.2) is 23.5 Å². The number of fused-ring (bicyclic) bond motifs is 3. The smallest absolute Gasteiger partial charge is 0.338 e. The maximum absolute atomic E-state index is 12.5. The van der Waals surface area contributed by atoms with Crippen molar-refractivity contribution in [2.24, 2.45) is 5.92 Å². The summed E-state index contributed by atoms with van der Waals surface area (Å²) in [6.45, 7) is 1.82. The van der Waals surface area contributed by atoms with E-state index in [-0.39, 0.29) is 5.02 Å². The Hall–Kier alpha value is -3.30. The number of carbonyl (C=O) groups excluding carboxylic acids is 2. The third-order valence-corrected chi connectivity index (χ3v) is 5.69. The number of anilines is 1. The molecule has 0 aliphatic heterocycles. The Kier molecular flexibility index (Phi) is 5.47. The molecule has 3 aromatic rings. The molecule has 4 rings (SSSR count). The van der Waals surface area contributed by atoms with E-state index in [0.29, 0.717) is 22.7 Å². The Morgan fingerprint density at radius 1 is 1.30 bits per heavy atom. The first kappa shape index (κ1) is 20.0. The number of ether oxygens (including phenoxy) is 1. The second-order valence-electron chi connectivity index (χ2n) is 7.62. The van der Waals surface area contributed by atoms with Crippen LogP contribution in [-0.2, 0) is 22.4 Å². The van der Waals surface area contributed by atoms with Gasteiger partial charge in [0.25, 0.3) is 5.91 Å². The van der Waals surface area contributed by atoms with Gasteiger partial charge in [-0.3, -0.25) is 4.79 Å². The highest BCUT2D eigenvalue weighted by molar-refractivity contribution is 6.32. The molecule has 2 aromatic carbocycles. The molecule has 30 heavy (non-hydrogen) atoms. The highest BCUT2D eigenvalue weighted by Gasteiger charge is 2.21. The van der Waals surface area contributed by atoms with Gasteiger partial charge in [0.15, 0.2) is 6.61 Å². The molecule has 0 saturated carbocycles. The lowest BCUT2D eigenvalue weighted by molar-refractivity contribution is -0.119. The number of esters is 1. The van der Waals surface area contributed by atoms with Crippen molar-refractivity contribution in [1.82, 2.24) is 4.98 Å². The lowest BCUT2D eigenvalue weighted by Crippen LogP contribution is -2.21. The van der Waals surface area contributed by atoms with E-state index in [1.54, 1.807) is 12.1 Å². The number of hydrogen-bond donors (Lipinski definition) is 2. The molecule has 0 bridgehead atoms. The molecule has 2 N–H and O–H groups in total. The van der Waals surface area contributed by atoms with Crippen LogP contribution in [0.15, 0.2) is 36.4 Å². The van der Waals surface area contributed by atoms with Crippen molar-refractivity contribution in [1.29, 1.82) is 5.26 Å². The maximum Gasteiger partial charge on any atom is 0.338 e. The zero-order chi connectivity index (χ0) is 21.3. The summed E-state index contributed by atoms with van der Waals surface area (Å²) < 4.78 is 5.18. The summed E-state index contributed by atoms with van der Waals surface area (Å²) >= 11 is 5.96. The number of aryl methyl sites for hydroxylation is 1. The third-order valence-electron chi connectivity index (χ3n) is 5.38. The van der Waals surface area contributed by atoms with Crippen LogP contribution in [0.25, 0.3) is 10.9 Å². The minimum atomic E-state index is -0.552. The van der Waals surface area contributed by atoms with Gasteiger partial charge in [-0.2, -0.15) is 5.26 Å². The molecule has 0 spiro atoms. The van der Waals surface area contributed by atoms with E-state index in [9.17, 15) is 9.59 Å². The number of carbonyl (C=O) groups is 2. The number of amides is 1. The van der Waals surface area contributed by atoms with Crippen molar-refractivity contribution < 1.29 is 14.3 Å². The van der Waals surface area contributed by atoms with Crippen LogP contribution in [0.3, 0.4) is 0 Å². The Morgan fingerprint density at radius 3 is 2.90 bits per heavy atom. The minimum absolute atomic E-state index is 0.241. The second-order valence-corrected chi connectivity index (χ2v) is 8.03. The fourth-order valence-electron chi connectivity index (χ4n) is 3.81. The van der Waals surface area contributed by atoms with Crippen molar-refractivity contribution in [2.45, 2.75) is 26.2 Å². The summed E-state index contributed by atoms with van der Waals surface area (Å²) in [7, 11) is 0. The molecule has 0 fully saturated rings. The van der Waals surface area contributed by atoms with Gasteiger partial charge in [0.2, 0.25) is 0 Å². The van der Waals surface area contributed by atoms with E-state index in [1.165, 1.54) is 23.4 Å². The average molecular weight is 422 g/mol. The number of benzene rings is 2. The summed E-state index contributed by atoms with van der Waals surface area (Å²) in [5.74, 6) is -0.423. The molecule has 1 heterocycles. The van der Waals surface area contributed by atoms with Crippen LogP contribution < -0.4 is 5.32 Å². The summed E-state index contributed by atoms with van der Waals surface area (Å²) in [5.41, 5.74) is 4.69. The zero-order valence-corrected chi connectivity index (χ0v) is 17.2. The van der Waals surface area contributed by atoms with Crippen LogP contribution >= 0.6 is 11.6 Å². The lowest BCUT2D eigenvalue weighted by atomic mass is 9.87. The highest BCUT2D eigenvalue weighted by Crippen LogP contribution is 2.32. The van der Waals surface area contributed by atoms with Crippen molar-refractivity contribution in [3.05, 3.63) is 63.8 Å². The number of rotatable bonds is 4. The number of nitrogens with zero attached hydrogens (tertiary/aromatic N) is 1. The normalized spacial score (nSPS) is 15.3. The SMILES string of the molecule is CC1CCc2[nH]c3ccc(C(=O)OCC(=O)Nc4ccc(C#N)c(Cl)c4)cc3c2C1. The fourth-order valence-corrected chi connectivity index (χ4v) is 4.04. The van der Waals surface area contributed by atoms with E-state index < -0.39 is 18.5 Å². The van der Waals surface area contributed by atoms with E-state index in [1.807, 2.05) is 18.2 Å². The minimum Gasteiger partial charge on any atom is -0.452 e. The monoisotopic (exact) mass is 421 g/mol. The van der Waals surface area contributed by atoms with E-state index >= 15 is 0 Å². The average Bonchev–Trinajstić information content (AvgIpc) is 3.09. The quantitative estimate of drug-likeness (QED) is 0.601. The summed E-state index contributed by atoms with van der Waals surface area (Å²) in [4.78, 5) is 28.0. The molecule has 152 valence electrons. The molecule has 1 aliphatic carbocycles. The van der Waals surface area contributed by atoms with Crippen molar-refractivity contribution in [3.8, 4) is 6.07 Å². The van der Waals surface area contributed by atoms with Gasteiger partial charge in [0, 0.05) is 22.3 Å². The molecule has 1 aliphatic rings. The molecule has 1 amide bonds. The number of halogens is 1. The zero-order valence-electron chi connectivity index (χ0n) is 16.4. The molecule has 6 nitrogen and oxygen atoms in total. The maximum atomic E-state index is 12.5. The van der Waals surface area contributed by atoms with Crippen LogP contribution in [0.2, 0.25) is 5.02 Å². The number of aromatic nitrogens is 1. The van der Waals surface area contributed by atoms with E-state index in [0.717, 1.165) is 30.2 Å². The molecule has 1 aromatic heterocycles. The summed E-state index contributed by atoms with van der Waals surface area (Å²) in [6.07, 6.45) is 3.17. The first-order valence-corrected chi connectivity index (χ1v) is 10.1. The molecule has 1 atom stereocenters. The Balaban J connectivity index is 1.42. The number of hydrogen-bond acceptors (Lipinski definition) is 4. The van der Waals surface area contributed by atoms with Crippen LogP contribution in [0.1, 0.15) is 40.5 Å². The number of H-pyrrole nitrogens is 1. The highest BCUT2D eigenvalue weighted by atomic mass is 35.5. The van der Waals surface area contributed by atoms with Gasteiger partial charge in [-0.25, -0.2) is 4.79 Å². The predicted molar refractivity (Wildman–Crippen MR) is 115 cm³/mol. The number of nitriles is 1. The van der Waals surface area contributed by atoms with Crippen molar-refractivity contribution >= 4 is 40.1 Å². The van der Waals surface area contributed by atoms with Crippen molar-refractivity contribution in [3.63, 3.8) is 0 Å². The van der Waals surface area contributed by atoms with Gasteiger partial charge >= 0.3 is 5.97 Å². The standard InChI is InChI=1S/C23H20ClN3O3/c1-13-2-6-20-17(8-13)18-9-14(4-7-21(18)27-20)23(29)30-12-22(28)26-16-5-3-15(11-25)19(24)10-16/h3-5,7,9-10,13,27H,2,6,8,12H2,1H3,(H,26,28). The topological polar surface area (TPSA) is 95.0 Å². The van der Waals surface area contributed by atoms with E-state index in [2.05, 4.69) is 17.2 Å². The first-order valence-electron chi connectivity index (χ1n) is 9.74. The lowest BCUT2D eigenvalue weighted by Gasteiger charge is -2.18. The molecular formula is C23H20ClN3O3. The largest absolute Gasteiger partial charge is 0.452 e. The fraction of sp³-hybridized carbons (Fsp3) is 0.261. The molecule has 1 unspecified atom stereocenters. The van der Waals surface area contributed by atoms with Gasteiger partial charge in [0.1, 0.15) is 6.07 Å². The number of aromatic amines is 1. The van der Waals surface area contributed by atoms with Gasteiger partial charge in [-0.05, 0) is 67.1 Å².